The number of benzene rings is 4. The van der Waals surface area contributed by atoms with Gasteiger partial charge in [-0.05, 0) is 47.2 Å². The fraction of sp³-hybridized carbons (Fsp3) is 0.308. The van der Waals surface area contributed by atoms with Gasteiger partial charge in [-0.15, -0.1) is 0 Å². The van der Waals surface area contributed by atoms with Crippen molar-refractivity contribution in [3.63, 3.8) is 0 Å². The number of fused-ring (bicyclic) bond motifs is 6. The number of hydrogen-bond donors (Lipinski definition) is 1. The number of hydrogen-bond acceptors (Lipinski definition) is 8. The predicted molar refractivity (Wildman–Crippen MR) is 186 cm³/mol. The van der Waals surface area contributed by atoms with E-state index in [1.807, 2.05) is 40.3 Å². The molecule has 2 amide bonds. The number of rotatable bonds is 8. The van der Waals surface area contributed by atoms with E-state index in [1.165, 1.54) is 16.7 Å². The Hall–Kier alpha value is -5.51. The van der Waals surface area contributed by atoms with Crippen molar-refractivity contribution in [1.29, 1.82) is 0 Å². The highest BCUT2D eigenvalue weighted by atomic mass is 16.5. The molecule has 0 saturated heterocycles. The monoisotopic (exact) mass is 658 g/mol. The molecule has 0 aliphatic carbocycles. The Balaban J connectivity index is 0.924. The van der Waals surface area contributed by atoms with Crippen LogP contribution in [-0.4, -0.2) is 73.9 Å². The lowest BCUT2D eigenvalue weighted by Gasteiger charge is -2.35. The molecular weight excluding hydrogens is 620 g/mol. The number of aliphatic imine (C=N–C) groups is 1. The van der Waals surface area contributed by atoms with Gasteiger partial charge in [-0.2, -0.15) is 0 Å². The molecule has 250 valence electrons. The first kappa shape index (κ1) is 30.8. The largest absolute Gasteiger partial charge is 0.493 e. The minimum absolute atomic E-state index is 0.0143. The molecule has 1 N–H and O–H groups in total. The summed E-state index contributed by atoms with van der Waals surface area (Å²) in [7, 11) is 3.14. The van der Waals surface area contributed by atoms with Crippen LogP contribution >= 0.6 is 0 Å². The summed E-state index contributed by atoms with van der Waals surface area (Å²) >= 11 is 0. The molecule has 8 rings (SSSR count). The van der Waals surface area contributed by atoms with Crippen molar-refractivity contribution < 1.29 is 28.5 Å². The Bertz CT molecular complexity index is 1980. The van der Waals surface area contributed by atoms with Crippen molar-refractivity contribution >= 4 is 29.4 Å². The first-order chi connectivity index (χ1) is 24.0. The summed E-state index contributed by atoms with van der Waals surface area (Å²) < 4.78 is 23.6. The SMILES string of the molecule is COc1cc2c(cc1OCCCOc1cc3c(cc1OC)C(=O)N1Cc4ccccc4CC1CN3)N=CC1Cc3ccccc3CN1C2=O. The van der Waals surface area contributed by atoms with E-state index in [-0.39, 0.29) is 23.9 Å². The van der Waals surface area contributed by atoms with Crippen LogP contribution in [0.4, 0.5) is 11.4 Å². The van der Waals surface area contributed by atoms with Crippen molar-refractivity contribution in [2.45, 2.75) is 44.4 Å². The highest BCUT2D eigenvalue weighted by Gasteiger charge is 2.35. The smallest absolute Gasteiger partial charge is 0.257 e. The minimum Gasteiger partial charge on any atom is -0.493 e. The zero-order chi connectivity index (χ0) is 33.5. The van der Waals surface area contributed by atoms with Gasteiger partial charge in [-0.25, -0.2) is 0 Å². The van der Waals surface area contributed by atoms with E-state index < -0.39 is 0 Å². The summed E-state index contributed by atoms with van der Waals surface area (Å²) in [5.41, 5.74) is 7.26. The number of carbonyl (C=O) groups excluding carboxylic acids is 2. The van der Waals surface area contributed by atoms with Crippen LogP contribution in [-0.2, 0) is 25.9 Å². The molecule has 4 aromatic carbocycles. The van der Waals surface area contributed by atoms with E-state index in [0.717, 1.165) is 24.1 Å². The molecule has 4 heterocycles. The Morgan fingerprint density at radius 3 is 2.00 bits per heavy atom. The summed E-state index contributed by atoms with van der Waals surface area (Å²) in [5.74, 6) is 1.95. The first-order valence-electron chi connectivity index (χ1n) is 16.7. The molecule has 0 bridgehead atoms. The molecule has 4 aromatic rings. The molecular formula is C39H38N4O6. The Morgan fingerprint density at radius 1 is 0.714 bits per heavy atom. The molecule has 0 fully saturated rings. The molecule has 0 aromatic heterocycles. The van der Waals surface area contributed by atoms with Crippen molar-refractivity contribution in [2.24, 2.45) is 4.99 Å². The highest BCUT2D eigenvalue weighted by Crippen LogP contribution is 2.40. The molecule has 4 aliphatic rings. The Morgan fingerprint density at radius 2 is 1.31 bits per heavy atom. The van der Waals surface area contributed by atoms with Crippen LogP contribution in [0.1, 0.15) is 49.4 Å². The second kappa shape index (κ2) is 12.8. The number of nitrogens with one attached hydrogen (secondary N) is 1. The van der Waals surface area contributed by atoms with E-state index in [4.69, 9.17) is 23.9 Å². The van der Waals surface area contributed by atoms with Gasteiger partial charge < -0.3 is 34.1 Å². The minimum atomic E-state index is -0.112. The third-order valence-corrected chi connectivity index (χ3v) is 9.93. The van der Waals surface area contributed by atoms with Gasteiger partial charge in [0, 0.05) is 44.4 Å². The van der Waals surface area contributed by atoms with E-state index in [2.05, 4.69) is 35.6 Å². The van der Waals surface area contributed by atoms with Gasteiger partial charge in [-0.3, -0.25) is 14.6 Å². The average molecular weight is 659 g/mol. The number of anilines is 1. The van der Waals surface area contributed by atoms with E-state index >= 15 is 0 Å². The van der Waals surface area contributed by atoms with Crippen molar-refractivity contribution in [3.05, 3.63) is 106 Å². The molecule has 10 nitrogen and oxygen atoms in total. The van der Waals surface area contributed by atoms with E-state index in [0.29, 0.717) is 79.1 Å². The van der Waals surface area contributed by atoms with Crippen LogP contribution in [0, 0.1) is 0 Å². The number of methoxy groups -OCH3 is 2. The summed E-state index contributed by atoms with van der Waals surface area (Å²) in [6, 6.07) is 23.6. The quantitative estimate of drug-likeness (QED) is 0.238. The lowest BCUT2D eigenvalue weighted by molar-refractivity contribution is 0.0659. The number of amides is 2. The normalized spacial score (nSPS) is 18.7. The summed E-state index contributed by atoms with van der Waals surface area (Å²) in [4.78, 5) is 36.0. The first-order valence-corrected chi connectivity index (χ1v) is 16.7. The van der Waals surface area contributed by atoms with Gasteiger partial charge in [0.05, 0.1) is 62.0 Å². The lowest BCUT2D eigenvalue weighted by Crippen LogP contribution is -2.45. The highest BCUT2D eigenvalue weighted by molar-refractivity contribution is 6.04. The standard InChI is InChI=1S/C39H38N4O6/c1-46-34-16-30-32(40-20-28-14-24-8-3-5-10-26(24)22-42(28)38(30)44)18-36(34)48-12-7-13-49-37-19-33-31(17-35(37)47-2)39(45)43-23-27-11-6-4-9-25(27)15-29(43)21-41-33/h3-6,8-11,16-20,28-29,41H,7,12-15,21-23H2,1-2H3. The zero-order valence-electron chi connectivity index (χ0n) is 27.6. The second-order valence-corrected chi connectivity index (χ2v) is 12.8. The summed E-state index contributed by atoms with van der Waals surface area (Å²) in [5, 5.41) is 3.49. The molecule has 0 radical (unpaired) electrons. The van der Waals surface area contributed by atoms with E-state index in [1.54, 1.807) is 32.4 Å². The average Bonchev–Trinajstić information content (AvgIpc) is 3.35. The van der Waals surface area contributed by atoms with Gasteiger partial charge in [0.2, 0.25) is 0 Å². The molecule has 0 spiro atoms. The molecule has 0 saturated carbocycles. The van der Waals surface area contributed by atoms with Gasteiger partial charge in [0.1, 0.15) is 0 Å². The van der Waals surface area contributed by atoms with Crippen LogP contribution in [0.3, 0.4) is 0 Å². The van der Waals surface area contributed by atoms with Crippen LogP contribution in [0.5, 0.6) is 23.0 Å². The number of ether oxygens (including phenoxy) is 4. The van der Waals surface area contributed by atoms with Crippen molar-refractivity contribution in [2.75, 3.05) is 39.3 Å². The number of carbonyl (C=O) groups is 2. The van der Waals surface area contributed by atoms with Crippen molar-refractivity contribution in [3.8, 4) is 23.0 Å². The molecule has 49 heavy (non-hydrogen) atoms. The second-order valence-electron chi connectivity index (χ2n) is 12.8. The molecule has 4 aliphatic heterocycles. The summed E-state index contributed by atoms with van der Waals surface area (Å²) in [6.45, 7) is 2.48. The van der Waals surface area contributed by atoms with Gasteiger partial charge >= 0.3 is 0 Å². The maximum atomic E-state index is 13.7. The van der Waals surface area contributed by atoms with Gasteiger partial charge in [0.15, 0.2) is 23.0 Å². The molecule has 10 heteroatoms. The van der Waals surface area contributed by atoms with Crippen LogP contribution in [0.15, 0.2) is 77.8 Å². The van der Waals surface area contributed by atoms with Crippen LogP contribution in [0.2, 0.25) is 0 Å². The Labute approximate surface area is 285 Å². The number of nitrogens with zero attached hydrogens (tertiary/aromatic N) is 3. The molecule has 2 unspecified atom stereocenters. The van der Waals surface area contributed by atoms with E-state index in [9.17, 15) is 9.59 Å². The van der Waals surface area contributed by atoms with Crippen molar-refractivity contribution in [1.82, 2.24) is 9.80 Å². The van der Waals surface area contributed by atoms with Gasteiger partial charge in [-0.1, -0.05) is 48.5 Å². The fourth-order valence-electron chi connectivity index (χ4n) is 7.29. The topological polar surface area (TPSA) is 102 Å². The summed E-state index contributed by atoms with van der Waals surface area (Å²) in [6.07, 6.45) is 3.98. The lowest BCUT2D eigenvalue weighted by atomic mass is 9.94. The maximum absolute atomic E-state index is 13.7. The van der Waals surface area contributed by atoms with Gasteiger partial charge in [0.25, 0.3) is 11.8 Å². The third-order valence-electron chi connectivity index (χ3n) is 9.93. The Kier molecular flexibility index (Phi) is 8.07. The zero-order valence-corrected chi connectivity index (χ0v) is 27.6. The van der Waals surface area contributed by atoms with Crippen LogP contribution < -0.4 is 24.3 Å². The molecule has 2 atom stereocenters. The maximum Gasteiger partial charge on any atom is 0.257 e. The third kappa shape index (κ3) is 5.71. The predicted octanol–water partition coefficient (Wildman–Crippen LogP) is 5.83. The van der Waals surface area contributed by atoms with Crippen LogP contribution in [0.25, 0.3) is 0 Å². The fourth-order valence-corrected chi connectivity index (χ4v) is 7.29.